The van der Waals surface area contributed by atoms with E-state index in [1.165, 1.54) is 21.9 Å². The zero-order valence-corrected chi connectivity index (χ0v) is 11.6. The van der Waals surface area contributed by atoms with Crippen LogP contribution in [0.15, 0.2) is 23.3 Å². The number of amides is 1. The van der Waals surface area contributed by atoms with E-state index in [1.54, 1.807) is 13.0 Å². The number of hydrogen-bond acceptors (Lipinski definition) is 5. The number of rotatable bonds is 5. The van der Waals surface area contributed by atoms with Crippen LogP contribution in [-0.4, -0.2) is 57.2 Å². The third kappa shape index (κ3) is 3.27. The summed E-state index contributed by atoms with van der Waals surface area (Å²) in [5.41, 5.74) is -0.514. The van der Waals surface area contributed by atoms with Gasteiger partial charge in [0.15, 0.2) is 0 Å². The van der Waals surface area contributed by atoms with Gasteiger partial charge in [-0.2, -0.15) is 0 Å². The van der Waals surface area contributed by atoms with Gasteiger partial charge in [-0.15, -0.1) is 0 Å². The van der Waals surface area contributed by atoms with Crippen molar-refractivity contribution in [2.45, 2.75) is 19.5 Å². The van der Waals surface area contributed by atoms with Crippen molar-refractivity contribution in [2.24, 2.45) is 5.92 Å². The van der Waals surface area contributed by atoms with Crippen molar-refractivity contribution in [1.29, 1.82) is 0 Å². The largest absolute Gasteiger partial charge is 0.481 e. The molecule has 1 aliphatic rings. The monoisotopic (exact) mass is 295 g/mol. The Bertz CT molecular complexity index is 585. The van der Waals surface area contributed by atoms with E-state index in [0.717, 1.165) is 0 Å². The molecule has 2 rings (SSSR count). The Labute approximate surface area is 121 Å². The third-order valence-electron chi connectivity index (χ3n) is 3.52. The van der Waals surface area contributed by atoms with Crippen LogP contribution in [0.1, 0.15) is 6.92 Å². The molecule has 0 saturated carbocycles. The second-order valence-corrected chi connectivity index (χ2v) is 4.76. The Morgan fingerprint density at radius 3 is 2.90 bits per heavy atom. The van der Waals surface area contributed by atoms with Crippen LogP contribution in [-0.2, 0) is 20.9 Å². The van der Waals surface area contributed by atoms with Gasteiger partial charge in [-0.05, 0) is 13.0 Å². The first-order valence-electron chi connectivity index (χ1n) is 6.66. The molecule has 2 heterocycles. The maximum Gasteiger partial charge on any atom is 0.347 e. The number of carboxylic acids is 1. The van der Waals surface area contributed by atoms with Crippen LogP contribution in [0.3, 0.4) is 0 Å². The molecule has 1 N–H and O–H groups in total. The lowest BCUT2D eigenvalue weighted by atomic mass is 10.0. The number of likely N-dealkylation sites (N-methyl/N-ethyl adjacent to an activating group) is 1. The van der Waals surface area contributed by atoms with Crippen LogP contribution in [0.4, 0.5) is 0 Å². The molecule has 0 spiro atoms. The van der Waals surface area contributed by atoms with E-state index >= 15 is 0 Å². The Kier molecular flexibility index (Phi) is 4.69. The van der Waals surface area contributed by atoms with E-state index < -0.39 is 23.6 Å². The van der Waals surface area contributed by atoms with E-state index in [2.05, 4.69) is 4.98 Å². The van der Waals surface area contributed by atoms with Crippen molar-refractivity contribution < 1.29 is 19.4 Å². The Morgan fingerprint density at radius 1 is 1.52 bits per heavy atom. The van der Waals surface area contributed by atoms with Crippen molar-refractivity contribution >= 4 is 11.9 Å². The SMILES string of the molecule is CCN(C(=O)Cn1cccnc1=O)C1COCC1C(=O)O. The highest BCUT2D eigenvalue weighted by Crippen LogP contribution is 2.20. The summed E-state index contributed by atoms with van der Waals surface area (Å²) >= 11 is 0. The number of carbonyl (C=O) groups is 2. The average molecular weight is 295 g/mol. The second kappa shape index (κ2) is 6.49. The van der Waals surface area contributed by atoms with Gasteiger partial charge in [-0.25, -0.2) is 9.78 Å². The molecule has 8 heteroatoms. The number of aromatic nitrogens is 2. The molecular formula is C13H17N3O5. The van der Waals surface area contributed by atoms with Gasteiger partial charge in [0.2, 0.25) is 5.91 Å². The van der Waals surface area contributed by atoms with Gasteiger partial charge in [0.25, 0.3) is 0 Å². The molecule has 0 radical (unpaired) electrons. The van der Waals surface area contributed by atoms with Gasteiger partial charge in [-0.3, -0.25) is 14.2 Å². The van der Waals surface area contributed by atoms with E-state index in [4.69, 9.17) is 9.84 Å². The van der Waals surface area contributed by atoms with Crippen molar-refractivity contribution in [3.63, 3.8) is 0 Å². The summed E-state index contributed by atoms with van der Waals surface area (Å²) in [6.07, 6.45) is 2.83. The highest BCUT2D eigenvalue weighted by molar-refractivity contribution is 5.78. The molecule has 8 nitrogen and oxygen atoms in total. The minimum atomic E-state index is -0.984. The second-order valence-electron chi connectivity index (χ2n) is 4.76. The van der Waals surface area contributed by atoms with Crippen LogP contribution in [0.5, 0.6) is 0 Å². The lowest BCUT2D eigenvalue weighted by Gasteiger charge is -2.29. The minimum Gasteiger partial charge on any atom is -0.481 e. The first-order chi connectivity index (χ1) is 10.0. The molecule has 1 fully saturated rings. The predicted molar refractivity (Wildman–Crippen MR) is 71.6 cm³/mol. The number of carbonyl (C=O) groups excluding carboxylic acids is 1. The van der Waals surface area contributed by atoms with Gasteiger partial charge in [-0.1, -0.05) is 0 Å². The predicted octanol–water partition coefficient (Wildman–Crippen LogP) is -0.809. The first-order valence-corrected chi connectivity index (χ1v) is 6.66. The van der Waals surface area contributed by atoms with Crippen molar-refractivity contribution in [3.05, 3.63) is 28.9 Å². The molecule has 21 heavy (non-hydrogen) atoms. The number of aliphatic carboxylic acids is 1. The quantitative estimate of drug-likeness (QED) is 0.762. The van der Waals surface area contributed by atoms with Crippen LogP contribution >= 0.6 is 0 Å². The maximum atomic E-state index is 12.3. The molecule has 0 aliphatic carbocycles. The summed E-state index contributed by atoms with van der Waals surface area (Å²) in [6.45, 7) is 2.24. The highest BCUT2D eigenvalue weighted by atomic mass is 16.5. The minimum absolute atomic E-state index is 0.0939. The molecule has 1 amide bonds. The zero-order valence-electron chi connectivity index (χ0n) is 11.6. The van der Waals surface area contributed by atoms with Crippen molar-refractivity contribution in [2.75, 3.05) is 19.8 Å². The maximum absolute atomic E-state index is 12.3. The van der Waals surface area contributed by atoms with E-state index in [1.807, 2.05) is 0 Å². The van der Waals surface area contributed by atoms with E-state index in [9.17, 15) is 14.4 Å². The summed E-state index contributed by atoms with van der Waals surface area (Å²) in [5.74, 6) is -2.05. The van der Waals surface area contributed by atoms with Gasteiger partial charge < -0.3 is 14.7 Å². The third-order valence-corrected chi connectivity index (χ3v) is 3.52. The van der Waals surface area contributed by atoms with Crippen molar-refractivity contribution in [3.8, 4) is 0 Å². The summed E-state index contributed by atoms with van der Waals surface area (Å²) in [7, 11) is 0. The lowest BCUT2D eigenvalue weighted by Crippen LogP contribution is -2.48. The lowest BCUT2D eigenvalue weighted by molar-refractivity contribution is -0.145. The Balaban J connectivity index is 2.14. The first kappa shape index (κ1) is 15.2. The zero-order chi connectivity index (χ0) is 15.4. The van der Waals surface area contributed by atoms with Gasteiger partial charge in [0, 0.05) is 18.9 Å². The van der Waals surface area contributed by atoms with Gasteiger partial charge >= 0.3 is 11.7 Å². The summed E-state index contributed by atoms with van der Waals surface area (Å²) in [6, 6.07) is 1.05. The van der Waals surface area contributed by atoms with E-state index in [-0.39, 0.29) is 25.7 Å². The number of nitrogens with zero attached hydrogens (tertiary/aromatic N) is 3. The van der Waals surface area contributed by atoms with Crippen molar-refractivity contribution in [1.82, 2.24) is 14.5 Å². The Morgan fingerprint density at radius 2 is 2.29 bits per heavy atom. The average Bonchev–Trinajstić information content (AvgIpc) is 2.91. The molecule has 1 aliphatic heterocycles. The molecule has 1 saturated heterocycles. The van der Waals surface area contributed by atoms with Crippen LogP contribution in [0, 0.1) is 5.92 Å². The summed E-state index contributed by atoms with van der Waals surface area (Å²) < 4.78 is 6.37. The topological polar surface area (TPSA) is 102 Å². The van der Waals surface area contributed by atoms with Crippen LogP contribution in [0.25, 0.3) is 0 Å². The molecule has 0 aromatic carbocycles. The highest BCUT2D eigenvalue weighted by Gasteiger charge is 2.39. The number of hydrogen-bond donors (Lipinski definition) is 1. The number of ether oxygens (including phenoxy) is 1. The molecule has 0 bridgehead atoms. The fraction of sp³-hybridized carbons (Fsp3) is 0.538. The summed E-state index contributed by atoms with van der Waals surface area (Å²) in [5, 5.41) is 9.16. The van der Waals surface area contributed by atoms with Gasteiger partial charge in [0.1, 0.15) is 12.5 Å². The standard InChI is InChI=1S/C13H17N3O5/c1-2-16(10-8-21-7-9(10)12(18)19)11(17)6-15-5-3-4-14-13(15)20/h3-5,9-10H,2,6-8H2,1H3,(H,18,19). The van der Waals surface area contributed by atoms with Crippen LogP contribution < -0.4 is 5.69 Å². The Hall–Kier alpha value is -2.22. The van der Waals surface area contributed by atoms with E-state index in [0.29, 0.717) is 6.54 Å². The number of carboxylic acid groups (broad SMARTS) is 1. The molecule has 1 aromatic heterocycles. The molecule has 114 valence electrons. The smallest absolute Gasteiger partial charge is 0.347 e. The fourth-order valence-corrected chi connectivity index (χ4v) is 2.43. The van der Waals surface area contributed by atoms with Gasteiger partial charge in [0.05, 0.1) is 19.3 Å². The van der Waals surface area contributed by atoms with Crippen LogP contribution in [0.2, 0.25) is 0 Å². The summed E-state index contributed by atoms with van der Waals surface area (Å²) in [4.78, 5) is 40.1. The molecular weight excluding hydrogens is 278 g/mol. The molecule has 2 atom stereocenters. The fourth-order valence-electron chi connectivity index (χ4n) is 2.43. The molecule has 2 unspecified atom stereocenters. The molecule has 1 aromatic rings. The normalized spacial score (nSPS) is 21.2.